The van der Waals surface area contributed by atoms with Crippen LogP contribution in [-0.4, -0.2) is 16.5 Å². The van der Waals surface area contributed by atoms with E-state index in [2.05, 4.69) is 22.0 Å². The van der Waals surface area contributed by atoms with Gasteiger partial charge in [-0.15, -0.1) is 0 Å². The second-order valence-corrected chi connectivity index (χ2v) is 1.36. The van der Waals surface area contributed by atoms with Crippen molar-refractivity contribution in [2.75, 3.05) is 0 Å². The molecule has 1 aromatic rings. The van der Waals surface area contributed by atoms with Crippen molar-refractivity contribution in [3.8, 4) is 11.8 Å². The quantitative estimate of drug-likeness (QED) is 0.385. The molecule has 1 aromatic heterocycles. The van der Waals surface area contributed by atoms with E-state index in [4.69, 9.17) is 0 Å². The molecule has 0 spiro atoms. The van der Waals surface area contributed by atoms with Crippen molar-refractivity contribution in [2.24, 2.45) is 0 Å². The third-order valence-corrected chi connectivity index (χ3v) is 0.767. The predicted octanol–water partition coefficient (Wildman–Crippen LogP) is -0.0399. The Hall–Kier alpha value is -1.56. The van der Waals surface area contributed by atoms with Crippen LogP contribution in [0.25, 0.3) is 0 Å². The number of nitrogens with zero attached hydrogens (tertiary/aromatic N) is 1. The largest absolute Gasteiger partial charge is 0.289 e. The van der Waals surface area contributed by atoms with E-state index < -0.39 is 0 Å². The van der Waals surface area contributed by atoms with Gasteiger partial charge in [0, 0.05) is 6.20 Å². The van der Waals surface area contributed by atoms with Gasteiger partial charge in [0.1, 0.15) is 5.69 Å². The van der Waals surface area contributed by atoms with Crippen molar-refractivity contribution < 1.29 is 4.79 Å². The van der Waals surface area contributed by atoms with Crippen LogP contribution in [0.4, 0.5) is 0 Å². The standard InChI is InChI=1S/C6H4N2O/c9-5-1-2-6-3-4-7-8-6/h3-5H,(H,7,8). The predicted molar refractivity (Wildman–Crippen MR) is 31.5 cm³/mol. The van der Waals surface area contributed by atoms with E-state index in [1.807, 2.05) is 0 Å². The van der Waals surface area contributed by atoms with E-state index >= 15 is 0 Å². The zero-order chi connectivity index (χ0) is 6.53. The van der Waals surface area contributed by atoms with Gasteiger partial charge in [-0.2, -0.15) is 5.10 Å². The summed E-state index contributed by atoms with van der Waals surface area (Å²) >= 11 is 0. The second kappa shape index (κ2) is 2.68. The molecule has 0 radical (unpaired) electrons. The minimum Gasteiger partial charge on any atom is -0.289 e. The molecule has 9 heavy (non-hydrogen) atoms. The van der Waals surface area contributed by atoms with Gasteiger partial charge in [-0.05, 0) is 17.9 Å². The molecule has 0 aromatic carbocycles. The number of carbonyl (C=O) groups excluding carboxylic acids is 1. The number of hydrogen-bond acceptors (Lipinski definition) is 2. The minimum atomic E-state index is 0.542. The third kappa shape index (κ3) is 1.42. The molecule has 0 saturated carbocycles. The highest BCUT2D eigenvalue weighted by Gasteiger charge is 1.80. The highest BCUT2D eigenvalue weighted by Crippen LogP contribution is 1.84. The summed E-state index contributed by atoms with van der Waals surface area (Å²) in [5.74, 6) is 4.79. The van der Waals surface area contributed by atoms with Crippen LogP contribution in [0.2, 0.25) is 0 Å². The third-order valence-electron chi connectivity index (χ3n) is 0.767. The van der Waals surface area contributed by atoms with E-state index in [0.717, 1.165) is 0 Å². The van der Waals surface area contributed by atoms with Crippen LogP contribution in [-0.2, 0) is 4.79 Å². The van der Waals surface area contributed by atoms with Crippen molar-refractivity contribution in [3.05, 3.63) is 18.0 Å². The molecule has 0 aliphatic rings. The van der Waals surface area contributed by atoms with Crippen molar-refractivity contribution in [1.82, 2.24) is 10.2 Å². The molecule has 0 unspecified atom stereocenters. The molecule has 0 atom stereocenters. The Balaban J connectivity index is 2.78. The van der Waals surface area contributed by atoms with E-state index in [0.29, 0.717) is 12.0 Å². The molecular formula is C6H4N2O. The second-order valence-electron chi connectivity index (χ2n) is 1.36. The highest BCUT2D eigenvalue weighted by atomic mass is 16.1. The number of aldehydes is 1. The Kier molecular flexibility index (Phi) is 1.66. The van der Waals surface area contributed by atoms with Gasteiger partial charge in [-0.25, -0.2) is 0 Å². The van der Waals surface area contributed by atoms with Crippen LogP contribution in [0.5, 0.6) is 0 Å². The Morgan fingerprint density at radius 3 is 3.22 bits per heavy atom. The molecule has 0 saturated heterocycles. The summed E-state index contributed by atoms with van der Waals surface area (Å²) in [4.78, 5) is 9.69. The van der Waals surface area contributed by atoms with Gasteiger partial charge in [-0.3, -0.25) is 9.89 Å². The molecule has 0 fully saturated rings. The maximum absolute atomic E-state index is 9.69. The van der Waals surface area contributed by atoms with E-state index in [-0.39, 0.29) is 0 Å². The first-order valence-corrected chi connectivity index (χ1v) is 2.38. The molecule has 44 valence electrons. The normalized spacial score (nSPS) is 7.56. The molecular weight excluding hydrogens is 116 g/mol. The molecule has 3 heteroatoms. The Morgan fingerprint density at radius 1 is 1.78 bits per heavy atom. The zero-order valence-corrected chi connectivity index (χ0v) is 4.59. The van der Waals surface area contributed by atoms with E-state index in [9.17, 15) is 4.79 Å². The first-order valence-electron chi connectivity index (χ1n) is 2.38. The molecule has 0 amide bonds. The number of aromatic amines is 1. The molecule has 0 aliphatic heterocycles. The summed E-state index contributed by atoms with van der Waals surface area (Å²) in [6.45, 7) is 0. The topological polar surface area (TPSA) is 45.8 Å². The highest BCUT2D eigenvalue weighted by molar-refractivity contribution is 5.73. The smallest absolute Gasteiger partial charge is 0.193 e. The number of hydrogen-bond donors (Lipinski definition) is 1. The minimum absolute atomic E-state index is 0.542. The fourth-order valence-corrected chi connectivity index (χ4v) is 0.433. The van der Waals surface area contributed by atoms with E-state index in [1.165, 1.54) is 0 Å². The van der Waals surface area contributed by atoms with Gasteiger partial charge < -0.3 is 0 Å². The van der Waals surface area contributed by atoms with Crippen LogP contribution in [0.3, 0.4) is 0 Å². The number of H-pyrrole nitrogens is 1. The van der Waals surface area contributed by atoms with Gasteiger partial charge >= 0.3 is 0 Å². The molecule has 1 rings (SSSR count). The van der Waals surface area contributed by atoms with E-state index in [1.54, 1.807) is 12.3 Å². The number of rotatable bonds is 0. The first kappa shape index (κ1) is 5.57. The van der Waals surface area contributed by atoms with Crippen LogP contribution in [0.1, 0.15) is 5.69 Å². The zero-order valence-electron chi connectivity index (χ0n) is 4.59. The summed E-state index contributed by atoms with van der Waals surface area (Å²) in [5, 5.41) is 6.22. The fourth-order valence-electron chi connectivity index (χ4n) is 0.433. The fraction of sp³-hybridized carbons (Fsp3) is 0. The van der Waals surface area contributed by atoms with Crippen molar-refractivity contribution >= 4 is 6.29 Å². The van der Waals surface area contributed by atoms with Crippen LogP contribution in [0.15, 0.2) is 12.3 Å². The maximum Gasteiger partial charge on any atom is 0.193 e. The lowest BCUT2D eigenvalue weighted by Gasteiger charge is -1.70. The molecule has 0 bridgehead atoms. The van der Waals surface area contributed by atoms with Gasteiger partial charge in [0.15, 0.2) is 6.29 Å². The molecule has 1 N–H and O–H groups in total. The Morgan fingerprint density at radius 2 is 2.67 bits per heavy atom. The van der Waals surface area contributed by atoms with Gasteiger partial charge in [0.25, 0.3) is 0 Å². The average Bonchev–Trinajstić information content (AvgIpc) is 2.34. The van der Waals surface area contributed by atoms with Gasteiger partial charge in [0.2, 0.25) is 0 Å². The number of aromatic nitrogens is 2. The van der Waals surface area contributed by atoms with Crippen LogP contribution in [0, 0.1) is 11.8 Å². The molecule has 0 aliphatic carbocycles. The van der Waals surface area contributed by atoms with Crippen molar-refractivity contribution in [1.29, 1.82) is 0 Å². The number of carbonyl (C=O) groups is 1. The molecule has 1 heterocycles. The summed E-state index contributed by atoms with van der Waals surface area (Å²) in [5.41, 5.74) is 0.655. The first-order chi connectivity index (χ1) is 4.43. The summed E-state index contributed by atoms with van der Waals surface area (Å²) < 4.78 is 0. The Labute approximate surface area is 52.1 Å². The van der Waals surface area contributed by atoms with Crippen molar-refractivity contribution in [2.45, 2.75) is 0 Å². The maximum atomic E-state index is 9.69. The van der Waals surface area contributed by atoms with Crippen molar-refractivity contribution in [3.63, 3.8) is 0 Å². The van der Waals surface area contributed by atoms with Gasteiger partial charge in [-0.1, -0.05) is 0 Å². The lowest BCUT2D eigenvalue weighted by atomic mass is 10.4. The lowest BCUT2D eigenvalue weighted by Crippen LogP contribution is -1.72. The number of nitrogens with one attached hydrogen (secondary N) is 1. The molecule has 3 nitrogen and oxygen atoms in total. The monoisotopic (exact) mass is 120 g/mol. The van der Waals surface area contributed by atoms with Crippen LogP contribution < -0.4 is 0 Å². The SMILES string of the molecule is O=CC#Cc1ccn[nH]1. The van der Waals surface area contributed by atoms with Gasteiger partial charge in [0.05, 0.1) is 0 Å². The summed E-state index contributed by atoms with van der Waals surface area (Å²) in [6, 6.07) is 1.69. The summed E-state index contributed by atoms with van der Waals surface area (Å²) in [7, 11) is 0. The Bertz CT molecular complexity index is 240. The van der Waals surface area contributed by atoms with Crippen LogP contribution >= 0.6 is 0 Å². The average molecular weight is 120 g/mol. The lowest BCUT2D eigenvalue weighted by molar-refractivity contribution is -0.103. The summed E-state index contributed by atoms with van der Waals surface area (Å²) in [6.07, 6.45) is 2.12.